The number of benzene rings is 2. The fraction of sp³-hybridized carbons (Fsp3) is 0.462. The molecule has 0 unspecified atom stereocenters. The Bertz CT molecular complexity index is 975. The number of carboxylic acid groups (broad SMARTS) is 1. The van der Waals surface area contributed by atoms with E-state index in [1.165, 1.54) is 19.3 Å². The van der Waals surface area contributed by atoms with Gasteiger partial charge in [-0.15, -0.1) is 0 Å². The zero-order valence-corrected chi connectivity index (χ0v) is 19.2. The topological polar surface area (TPSA) is 72.9 Å². The van der Waals surface area contributed by atoms with Gasteiger partial charge in [-0.05, 0) is 82.3 Å². The van der Waals surface area contributed by atoms with Gasteiger partial charge in [0.2, 0.25) is 0 Å². The van der Waals surface area contributed by atoms with Gasteiger partial charge in [-0.25, -0.2) is 4.79 Å². The van der Waals surface area contributed by atoms with Gasteiger partial charge in [0.05, 0.1) is 0 Å². The third-order valence-electron chi connectivity index (χ3n) is 6.44. The minimum Gasteiger partial charge on any atom is -0.465 e. The molecule has 2 aliphatic rings. The van der Waals surface area contributed by atoms with Crippen LogP contribution in [0.15, 0.2) is 48.5 Å². The number of anilines is 2. The van der Waals surface area contributed by atoms with Crippen LogP contribution < -0.4 is 10.2 Å². The fourth-order valence-corrected chi connectivity index (χ4v) is 4.76. The molecule has 1 aliphatic carbocycles. The van der Waals surface area contributed by atoms with Gasteiger partial charge in [0.25, 0.3) is 5.91 Å². The molecule has 2 N–H and O–H groups in total. The Morgan fingerprint density at radius 2 is 1.72 bits per heavy atom. The van der Waals surface area contributed by atoms with E-state index < -0.39 is 11.6 Å². The number of rotatable bonds is 5. The summed E-state index contributed by atoms with van der Waals surface area (Å²) in [6, 6.07) is 15.6. The molecule has 0 bridgehead atoms. The molecule has 170 valence electrons. The summed E-state index contributed by atoms with van der Waals surface area (Å²) in [6.45, 7) is 7.87. The molecule has 6 nitrogen and oxygen atoms in total. The third kappa shape index (κ3) is 4.90. The molecule has 0 spiro atoms. The number of carbonyl (C=O) groups is 2. The lowest BCUT2D eigenvalue weighted by Gasteiger charge is -2.33. The zero-order valence-electron chi connectivity index (χ0n) is 19.2. The summed E-state index contributed by atoms with van der Waals surface area (Å²) in [6.07, 6.45) is 3.63. The van der Waals surface area contributed by atoms with Crippen molar-refractivity contribution < 1.29 is 14.7 Å². The first kappa shape index (κ1) is 22.2. The van der Waals surface area contributed by atoms with Crippen LogP contribution >= 0.6 is 0 Å². The predicted octanol–water partition coefficient (Wildman–Crippen LogP) is 5.56. The van der Waals surface area contributed by atoms with Gasteiger partial charge >= 0.3 is 6.09 Å². The highest BCUT2D eigenvalue weighted by Gasteiger charge is 2.48. The number of nitrogens with one attached hydrogen (secondary N) is 1. The van der Waals surface area contributed by atoms with Gasteiger partial charge < -0.3 is 15.3 Å². The first-order valence-corrected chi connectivity index (χ1v) is 11.5. The fourth-order valence-electron chi connectivity index (χ4n) is 4.76. The summed E-state index contributed by atoms with van der Waals surface area (Å²) in [5.41, 5.74) is 3.18. The highest BCUT2D eigenvalue weighted by Crippen LogP contribution is 2.47. The highest BCUT2D eigenvalue weighted by atomic mass is 16.4. The molecule has 1 saturated heterocycles. The van der Waals surface area contributed by atoms with Crippen molar-refractivity contribution in [1.29, 1.82) is 0 Å². The summed E-state index contributed by atoms with van der Waals surface area (Å²) in [4.78, 5) is 28.4. The van der Waals surface area contributed by atoms with Crippen molar-refractivity contribution in [1.82, 2.24) is 4.90 Å². The third-order valence-corrected chi connectivity index (χ3v) is 6.44. The van der Waals surface area contributed by atoms with Crippen molar-refractivity contribution in [2.45, 2.75) is 64.0 Å². The van der Waals surface area contributed by atoms with Crippen molar-refractivity contribution in [2.24, 2.45) is 0 Å². The van der Waals surface area contributed by atoms with Gasteiger partial charge in [0.15, 0.2) is 0 Å². The van der Waals surface area contributed by atoms with Gasteiger partial charge in [-0.3, -0.25) is 9.69 Å². The van der Waals surface area contributed by atoms with Gasteiger partial charge in [0.1, 0.15) is 0 Å². The summed E-state index contributed by atoms with van der Waals surface area (Å²) in [7, 11) is 0. The van der Waals surface area contributed by atoms with Gasteiger partial charge in [0, 0.05) is 47.5 Å². The van der Waals surface area contributed by atoms with E-state index in [0.717, 1.165) is 36.4 Å². The normalized spacial score (nSPS) is 20.5. The Morgan fingerprint density at radius 1 is 1.03 bits per heavy atom. The number of carbonyl (C=O) groups excluding carboxylic acids is 1. The van der Waals surface area contributed by atoms with E-state index in [1.54, 1.807) is 4.90 Å². The Labute approximate surface area is 190 Å². The van der Waals surface area contributed by atoms with Crippen LogP contribution in [0.1, 0.15) is 68.3 Å². The van der Waals surface area contributed by atoms with Crippen LogP contribution in [0, 0.1) is 0 Å². The van der Waals surface area contributed by atoms with Gasteiger partial charge in [-0.2, -0.15) is 0 Å². The van der Waals surface area contributed by atoms with Crippen molar-refractivity contribution in [3.8, 4) is 0 Å². The van der Waals surface area contributed by atoms with Crippen molar-refractivity contribution >= 4 is 23.4 Å². The maximum atomic E-state index is 12.8. The van der Waals surface area contributed by atoms with E-state index in [4.69, 9.17) is 0 Å². The molecule has 6 heteroatoms. The average molecular weight is 436 g/mol. The molecule has 0 radical (unpaired) electrons. The largest absolute Gasteiger partial charge is 0.465 e. The van der Waals surface area contributed by atoms with Crippen molar-refractivity contribution in [3.63, 3.8) is 0 Å². The summed E-state index contributed by atoms with van der Waals surface area (Å²) < 4.78 is 0. The molecule has 2 atom stereocenters. The Kier molecular flexibility index (Phi) is 6.13. The van der Waals surface area contributed by atoms with Crippen LogP contribution in [0.2, 0.25) is 0 Å². The second-order valence-corrected chi connectivity index (χ2v) is 9.91. The Hall–Kier alpha value is -3.02. The maximum Gasteiger partial charge on any atom is 0.408 e. The summed E-state index contributed by atoms with van der Waals surface area (Å²) >= 11 is 0. The zero-order chi connectivity index (χ0) is 22.9. The molecule has 2 aromatic carbocycles. The van der Waals surface area contributed by atoms with E-state index >= 15 is 0 Å². The number of amides is 2. The Morgan fingerprint density at radius 3 is 2.34 bits per heavy atom. The van der Waals surface area contributed by atoms with Crippen molar-refractivity contribution in [2.75, 3.05) is 23.3 Å². The number of nitrogens with zero attached hydrogens (tertiary/aromatic N) is 2. The van der Waals surface area contributed by atoms with Crippen LogP contribution in [0.25, 0.3) is 0 Å². The molecular formula is C26H33N3O3. The summed E-state index contributed by atoms with van der Waals surface area (Å²) in [5.74, 6) is 0.0852. The lowest BCUT2D eigenvalue weighted by molar-refractivity contribution is 0.0939. The second kappa shape index (κ2) is 8.85. The van der Waals surface area contributed by atoms with E-state index in [1.807, 2.05) is 63.2 Å². The molecule has 2 aromatic rings. The molecule has 32 heavy (non-hydrogen) atoms. The lowest BCUT2D eigenvalue weighted by atomic mass is 10.0. The van der Waals surface area contributed by atoms with Crippen LogP contribution in [-0.4, -0.2) is 46.7 Å². The maximum absolute atomic E-state index is 12.8. The van der Waals surface area contributed by atoms with E-state index in [-0.39, 0.29) is 17.9 Å². The minimum atomic E-state index is -0.874. The first-order valence-electron chi connectivity index (χ1n) is 11.5. The quantitative estimate of drug-likeness (QED) is 0.645. The van der Waals surface area contributed by atoms with Crippen LogP contribution in [0.5, 0.6) is 0 Å². The minimum absolute atomic E-state index is 0.00506. The first-order chi connectivity index (χ1) is 15.2. The lowest BCUT2D eigenvalue weighted by Crippen LogP contribution is -2.46. The molecule has 1 saturated carbocycles. The number of piperidine rings is 1. The number of hydrogen-bond acceptors (Lipinski definition) is 3. The molecule has 2 fully saturated rings. The standard InChI is InChI=1S/C26H33N3O3/c1-26(2,3)29(25(31)32)23-17-22(23)18-10-12-20(13-11-18)27-24(30)19-8-7-9-21(16-19)28-14-5-4-6-15-28/h7-13,16,22-23H,4-6,14-15,17H2,1-3H3,(H,27,30)(H,31,32)/t22-,23+/m0/s1. The molecule has 1 heterocycles. The summed E-state index contributed by atoms with van der Waals surface area (Å²) in [5, 5.41) is 12.6. The predicted molar refractivity (Wildman–Crippen MR) is 128 cm³/mol. The smallest absolute Gasteiger partial charge is 0.408 e. The molecule has 2 amide bonds. The average Bonchev–Trinajstić information content (AvgIpc) is 3.53. The van der Waals surface area contributed by atoms with E-state index in [2.05, 4.69) is 16.3 Å². The van der Waals surface area contributed by atoms with E-state index in [0.29, 0.717) is 5.56 Å². The second-order valence-electron chi connectivity index (χ2n) is 9.91. The molecule has 1 aliphatic heterocycles. The molecular weight excluding hydrogens is 402 g/mol. The Balaban J connectivity index is 1.39. The van der Waals surface area contributed by atoms with Gasteiger partial charge in [-0.1, -0.05) is 18.2 Å². The van der Waals surface area contributed by atoms with Crippen LogP contribution in [-0.2, 0) is 0 Å². The SMILES string of the molecule is CC(C)(C)N(C(=O)O)[C@@H]1C[C@H]1c1ccc(NC(=O)c2cccc(N3CCCCC3)c2)cc1. The number of hydrogen-bond donors (Lipinski definition) is 2. The molecule has 4 rings (SSSR count). The monoisotopic (exact) mass is 435 g/mol. The van der Waals surface area contributed by atoms with Crippen LogP contribution in [0.4, 0.5) is 16.2 Å². The van der Waals surface area contributed by atoms with Crippen molar-refractivity contribution in [3.05, 3.63) is 59.7 Å². The molecule has 0 aromatic heterocycles. The van der Waals surface area contributed by atoms with Crippen LogP contribution in [0.3, 0.4) is 0 Å². The highest BCUT2D eigenvalue weighted by molar-refractivity contribution is 6.04. The van der Waals surface area contributed by atoms with E-state index in [9.17, 15) is 14.7 Å².